The van der Waals surface area contributed by atoms with Crippen molar-refractivity contribution in [3.05, 3.63) is 39.8 Å². The summed E-state index contributed by atoms with van der Waals surface area (Å²) in [7, 11) is 0. The standard InChI is InChI=1S/C10H8BrN3OS/c11-6-1-2-7(8(12)5-6)9(15)14-10-13-3-4-16-10/h1-5H,12H2,(H,13,14,15). The molecule has 1 amide bonds. The molecule has 4 nitrogen and oxygen atoms in total. The number of nitrogens with two attached hydrogens (primary N) is 1. The van der Waals surface area contributed by atoms with Crippen molar-refractivity contribution in [2.75, 3.05) is 11.1 Å². The lowest BCUT2D eigenvalue weighted by molar-refractivity contribution is 0.102. The number of thiazole rings is 1. The SMILES string of the molecule is Nc1cc(Br)ccc1C(=O)Nc1nccs1. The van der Waals surface area contributed by atoms with E-state index < -0.39 is 0 Å². The second-order valence-corrected chi connectivity index (χ2v) is 4.83. The number of hydrogen-bond donors (Lipinski definition) is 2. The molecule has 0 saturated carbocycles. The van der Waals surface area contributed by atoms with Gasteiger partial charge in [0, 0.05) is 21.7 Å². The van der Waals surface area contributed by atoms with Gasteiger partial charge in [-0.1, -0.05) is 15.9 Å². The van der Waals surface area contributed by atoms with Crippen LogP contribution in [0.3, 0.4) is 0 Å². The molecule has 0 radical (unpaired) electrons. The van der Waals surface area contributed by atoms with Crippen molar-refractivity contribution in [1.29, 1.82) is 0 Å². The van der Waals surface area contributed by atoms with Gasteiger partial charge in [0.1, 0.15) is 0 Å². The van der Waals surface area contributed by atoms with Crippen molar-refractivity contribution in [2.24, 2.45) is 0 Å². The summed E-state index contributed by atoms with van der Waals surface area (Å²) in [6, 6.07) is 5.13. The van der Waals surface area contributed by atoms with Crippen LogP contribution in [0.1, 0.15) is 10.4 Å². The van der Waals surface area contributed by atoms with Gasteiger partial charge in [-0.05, 0) is 18.2 Å². The molecular weight excluding hydrogens is 290 g/mol. The highest BCUT2D eigenvalue weighted by atomic mass is 79.9. The van der Waals surface area contributed by atoms with E-state index in [-0.39, 0.29) is 5.91 Å². The Morgan fingerprint density at radius 2 is 2.31 bits per heavy atom. The van der Waals surface area contributed by atoms with Gasteiger partial charge in [-0.25, -0.2) is 4.98 Å². The maximum Gasteiger partial charge on any atom is 0.259 e. The van der Waals surface area contributed by atoms with E-state index in [4.69, 9.17) is 5.73 Å². The lowest BCUT2D eigenvalue weighted by Gasteiger charge is -2.05. The Morgan fingerprint density at radius 3 is 2.94 bits per heavy atom. The van der Waals surface area contributed by atoms with Crippen LogP contribution >= 0.6 is 27.3 Å². The van der Waals surface area contributed by atoms with Crippen LogP contribution in [0.5, 0.6) is 0 Å². The number of nitrogen functional groups attached to an aromatic ring is 1. The van der Waals surface area contributed by atoms with Crippen molar-refractivity contribution >= 4 is 44.0 Å². The average Bonchev–Trinajstić information content (AvgIpc) is 2.70. The highest BCUT2D eigenvalue weighted by molar-refractivity contribution is 9.10. The lowest BCUT2D eigenvalue weighted by atomic mass is 10.2. The monoisotopic (exact) mass is 297 g/mol. The van der Waals surface area contributed by atoms with Crippen molar-refractivity contribution in [2.45, 2.75) is 0 Å². The first-order chi connectivity index (χ1) is 7.66. The first kappa shape index (κ1) is 11.1. The first-order valence-corrected chi connectivity index (χ1v) is 6.10. The summed E-state index contributed by atoms with van der Waals surface area (Å²) in [6.07, 6.45) is 1.63. The minimum absolute atomic E-state index is 0.250. The number of anilines is 2. The molecule has 0 atom stereocenters. The lowest BCUT2D eigenvalue weighted by Crippen LogP contribution is -2.13. The van der Waals surface area contributed by atoms with Gasteiger partial charge in [-0.3, -0.25) is 10.1 Å². The molecule has 0 saturated heterocycles. The van der Waals surface area contributed by atoms with E-state index in [2.05, 4.69) is 26.2 Å². The van der Waals surface area contributed by atoms with Crippen LogP contribution in [0.25, 0.3) is 0 Å². The molecule has 0 spiro atoms. The molecule has 0 fully saturated rings. The average molecular weight is 298 g/mol. The largest absolute Gasteiger partial charge is 0.398 e. The Balaban J connectivity index is 2.21. The molecule has 0 aliphatic rings. The van der Waals surface area contributed by atoms with Gasteiger partial charge < -0.3 is 5.73 Å². The Labute approximate surface area is 105 Å². The van der Waals surface area contributed by atoms with Crippen LogP contribution in [0.2, 0.25) is 0 Å². The number of nitrogens with one attached hydrogen (secondary N) is 1. The zero-order chi connectivity index (χ0) is 11.5. The molecule has 6 heteroatoms. The Morgan fingerprint density at radius 1 is 1.50 bits per heavy atom. The van der Waals surface area contributed by atoms with E-state index in [1.54, 1.807) is 29.8 Å². The molecule has 3 N–H and O–H groups in total. The van der Waals surface area contributed by atoms with Gasteiger partial charge in [-0.15, -0.1) is 11.3 Å². The zero-order valence-electron chi connectivity index (χ0n) is 8.11. The van der Waals surface area contributed by atoms with Gasteiger partial charge in [0.05, 0.1) is 5.56 Å². The van der Waals surface area contributed by atoms with Crippen molar-refractivity contribution < 1.29 is 4.79 Å². The van der Waals surface area contributed by atoms with E-state index in [1.807, 2.05) is 0 Å². The molecule has 1 aromatic heterocycles. The summed E-state index contributed by atoms with van der Waals surface area (Å²) in [6.45, 7) is 0. The number of rotatable bonds is 2. The molecule has 2 aromatic rings. The molecule has 0 unspecified atom stereocenters. The fourth-order valence-corrected chi connectivity index (χ4v) is 2.09. The third-order valence-electron chi connectivity index (χ3n) is 1.91. The highest BCUT2D eigenvalue weighted by Crippen LogP contribution is 2.20. The van der Waals surface area contributed by atoms with Crippen LogP contribution < -0.4 is 11.1 Å². The Kier molecular flexibility index (Phi) is 3.21. The normalized spacial score (nSPS) is 10.1. The minimum Gasteiger partial charge on any atom is -0.398 e. The van der Waals surface area contributed by atoms with Gasteiger partial charge >= 0.3 is 0 Å². The van der Waals surface area contributed by atoms with Crippen molar-refractivity contribution in [3.63, 3.8) is 0 Å². The summed E-state index contributed by atoms with van der Waals surface area (Å²) in [5.74, 6) is -0.250. The van der Waals surface area contributed by atoms with Crippen molar-refractivity contribution in [3.8, 4) is 0 Å². The fraction of sp³-hybridized carbons (Fsp3) is 0. The van der Waals surface area contributed by atoms with E-state index in [9.17, 15) is 4.79 Å². The number of carbonyl (C=O) groups excluding carboxylic acids is 1. The van der Waals surface area contributed by atoms with Gasteiger partial charge in [0.15, 0.2) is 5.13 Å². The Hall–Kier alpha value is -1.40. The van der Waals surface area contributed by atoms with Gasteiger partial charge in [0.2, 0.25) is 0 Å². The summed E-state index contributed by atoms with van der Waals surface area (Å²) < 4.78 is 0.843. The van der Waals surface area contributed by atoms with Crippen LogP contribution in [-0.2, 0) is 0 Å². The van der Waals surface area contributed by atoms with E-state index in [0.29, 0.717) is 16.4 Å². The molecule has 1 aromatic carbocycles. The quantitative estimate of drug-likeness (QED) is 0.838. The number of halogens is 1. The number of aromatic nitrogens is 1. The molecule has 0 aliphatic carbocycles. The maximum absolute atomic E-state index is 11.8. The van der Waals surface area contributed by atoms with E-state index in [1.165, 1.54) is 11.3 Å². The topological polar surface area (TPSA) is 68.0 Å². The molecular formula is C10H8BrN3OS. The smallest absolute Gasteiger partial charge is 0.259 e. The third kappa shape index (κ3) is 2.40. The molecule has 0 bridgehead atoms. The maximum atomic E-state index is 11.8. The number of hydrogen-bond acceptors (Lipinski definition) is 4. The first-order valence-electron chi connectivity index (χ1n) is 4.42. The zero-order valence-corrected chi connectivity index (χ0v) is 10.5. The van der Waals surface area contributed by atoms with Crippen LogP contribution in [-0.4, -0.2) is 10.9 Å². The van der Waals surface area contributed by atoms with E-state index >= 15 is 0 Å². The Bertz CT molecular complexity index is 513. The number of benzene rings is 1. The second-order valence-electron chi connectivity index (χ2n) is 3.02. The minimum atomic E-state index is -0.250. The van der Waals surface area contributed by atoms with Gasteiger partial charge in [0.25, 0.3) is 5.91 Å². The van der Waals surface area contributed by atoms with Gasteiger partial charge in [-0.2, -0.15) is 0 Å². The van der Waals surface area contributed by atoms with Crippen molar-refractivity contribution in [1.82, 2.24) is 4.98 Å². The molecule has 1 heterocycles. The fourth-order valence-electron chi connectivity index (χ4n) is 1.19. The molecule has 2 rings (SSSR count). The summed E-state index contributed by atoms with van der Waals surface area (Å²) in [5, 5.41) is 5.03. The van der Waals surface area contributed by atoms with Crippen LogP contribution in [0, 0.1) is 0 Å². The number of nitrogens with zero attached hydrogens (tertiary/aromatic N) is 1. The summed E-state index contributed by atoms with van der Waals surface area (Å²) in [4.78, 5) is 15.8. The highest BCUT2D eigenvalue weighted by Gasteiger charge is 2.10. The third-order valence-corrected chi connectivity index (χ3v) is 3.09. The predicted molar refractivity (Wildman–Crippen MR) is 68.6 cm³/mol. The second kappa shape index (κ2) is 4.63. The summed E-state index contributed by atoms with van der Waals surface area (Å²) in [5.41, 5.74) is 6.62. The van der Waals surface area contributed by atoms with Crippen LogP contribution in [0.4, 0.5) is 10.8 Å². The molecule has 0 aliphatic heterocycles. The van der Waals surface area contributed by atoms with Crippen LogP contribution in [0.15, 0.2) is 34.2 Å². The molecule has 82 valence electrons. The molecule has 16 heavy (non-hydrogen) atoms. The summed E-state index contributed by atoms with van der Waals surface area (Å²) >= 11 is 4.65. The predicted octanol–water partition coefficient (Wildman–Crippen LogP) is 2.74. The van der Waals surface area contributed by atoms with E-state index in [0.717, 1.165) is 4.47 Å². The number of carbonyl (C=O) groups is 1. The number of amides is 1.